The summed E-state index contributed by atoms with van der Waals surface area (Å²) < 4.78 is 68.0. The predicted octanol–water partition coefficient (Wildman–Crippen LogP) is 19.8. The molecule has 0 heterocycles. The molecule has 0 aromatic carbocycles. The first-order valence-electron chi connectivity index (χ1n) is 36.1. The van der Waals surface area contributed by atoms with Crippen LogP contribution in [0.25, 0.3) is 0 Å². The van der Waals surface area contributed by atoms with Crippen molar-refractivity contribution in [3.8, 4) is 0 Å². The lowest BCUT2D eigenvalue weighted by atomic mass is 10.0. The molecule has 0 spiro atoms. The quantitative estimate of drug-likeness (QED) is 0.0169. The van der Waals surface area contributed by atoms with Crippen LogP contribution in [0.15, 0.2) is 24.3 Å². The second-order valence-electron chi connectivity index (χ2n) is 24.6. The van der Waals surface area contributed by atoms with Crippen LogP contribution in [-0.2, 0) is 65.4 Å². The molecule has 0 aliphatic heterocycles. The van der Waals surface area contributed by atoms with E-state index in [1.807, 2.05) is 0 Å². The lowest BCUT2D eigenvalue weighted by Gasteiger charge is -2.21. The minimum absolute atomic E-state index is 0.102. The van der Waals surface area contributed by atoms with Crippen LogP contribution in [0, 0.1) is 0 Å². The van der Waals surface area contributed by atoms with Crippen LogP contribution in [0.2, 0.25) is 0 Å². The molecule has 2 unspecified atom stereocenters. The number of unbranched alkanes of at least 4 members (excludes halogenated alkanes) is 40. The standard InChI is InChI=1S/C70H132O17P2/c1-5-9-13-17-20-23-26-28-30-31-32-34-36-39-42-45-49-53-57-70(75)87-66(61-81-68(73)55-51-47-43-40-38-35-33-29-27-24-21-18-14-10-6-2)63-85-89(78,79)83-59-64(71)58-82-88(76,77)84-62-65(60-80-67(72)54-50-46-16-12-8-4)86-69(74)56-52-48-44-41-37-25-22-19-15-11-7-3/h24,27,29,33,64-66,71H,5-23,25-26,28,30-32,34-63H2,1-4H3,(H,76,77)(H,78,79)/b27-24-,33-29-/t64-,65+,66+/m0/s1. The first-order valence-corrected chi connectivity index (χ1v) is 39.1. The van der Waals surface area contributed by atoms with Crippen LogP contribution >= 0.6 is 15.6 Å². The molecule has 0 saturated heterocycles. The van der Waals surface area contributed by atoms with Crippen LogP contribution in [0.3, 0.4) is 0 Å². The summed E-state index contributed by atoms with van der Waals surface area (Å²) in [7, 11) is -9.90. The highest BCUT2D eigenvalue weighted by Gasteiger charge is 2.30. The van der Waals surface area contributed by atoms with E-state index in [4.69, 9.17) is 37.0 Å². The van der Waals surface area contributed by atoms with Crippen molar-refractivity contribution >= 4 is 39.5 Å². The van der Waals surface area contributed by atoms with Crippen LogP contribution in [0.5, 0.6) is 0 Å². The Labute approximate surface area is 542 Å². The zero-order valence-corrected chi connectivity index (χ0v) is 58.7. The molecule has 0 saturated carbocycles. The summed E-state index contributed by atoms with van der Waals surface area (Å²) >= 11 is 0. The summed E-state index contributed by atoms with van der Waals surface area (Å²) in [5.74, 6) is -2.16. The summed E-state index contributed by atoms with van der Waals surface area (Å²) in [5, 5.41) is 10.5. The van der Waals surface area contributed by atoms with E-state index in [0.29, 0.717) is 25.7 Å². The van der Waals surface area contributed by atoms with Crippen LogP contribution in [-0.4, -0.2) is 96.7 Å². The topological polar surface area (TPSA) is 237 Å². The Morgan fingerprint density at radius 2 is 0.539 bits per heavy atom. The van der Waals surface area contributed by atoms with Crippen LogP contribution in [0.1, 0.15) is 342 Å². The van der Waals surface area contributed by atoms with Crippen LogP contribution < -0.4 is 0 Å². The first-order chi connectivity index (χ1) is 43.2. The lowest BCUT2D eigenvalue weighted by Crippen LogP contribution is -2.30. The fourth-order valence-electron chi connectivity index (χ4n) is 10.2. The van der Waals surface area contributed by atoms with Crippen LogP contribution in [0.4, 0.5) is 0 Å². The number of hydrogen-bond acceptors (Lipinski definition) is 15. The summed E-state index contributed by atoms with van der Waals surface area (Å²) in [4.78, 5) is 72.2. The number of aliphatic hydroxyl groups is 1. The van der Waals surface area contributed by atoms with Gasteiger partial charge in [-0.3, -0.25) is 37.3 Å². The van der Waals surface area contributed by atoms with Gasteiger partial charge in [0, 0.05) is 25.7 Å². The Hall–Kier alpha value is -2.46. The number of phosphoric acid groups is 2. The van der Waals surface area contributed by atoms with E-state index in [-0.39, 0.29) is 25.7 Å². The molecular formula is C70H132O17P2. The third-order valence-electron chi connectivity index (χ3n) is 15.7. The summed E-state index contributed by atoms with van der Waals surface area (Å²) in [5.41, 5.74) is 0. The van der Waals surface area contributed by atoms with Gasteiger partial charge in [-0.05, 0) is 51.4 Å². The number of hydrogen-bond donors (Lipinski definition) is 3. The minimum Gasteiger partial charge on any atom is -0.462 e. The number of rotatable bonds is 69. The van der Waals surface area contributed by atoms with Crippen molar-refractivity contribution in [1.82, 2.24) is 0 Å². The van der Waals surface area contributed by atoms with Gasteiger partial charge in [0.1, 0.15) is 19.3 Å². The van der Waals surface area contributed by atoms with Gasteiger partial charge in [-0.15, -0.1) is 0 Å². The first kappa shape index (κ1) is 86.5. The highest BCUT2D eigenvalue weighted by atomic mass is 31.2. The number of esters is 4. The largest absolute Gasteiger partial charge is 0.472 e. The van der Waals surface area contributed by atoms with E-state index in [2.05, 4.69) is 52.0 Å². The molecule has 0 radical (unpaired) electrons. The highest BCUT2D eigenvalue weighted by molar-refractivity contribution is 7.47. The number of carbonyl (C=O) groups excluding carboxylic acids is 4. The maximum absolute atomic E-state index is 13.0. The molecule has 524 valence electrons. The Kier molecular flexibility index (Phi) is 62.5. The average Bonchev–Trinajstić information content (AvgIpc) is 3.64. The monoisotopic (exact) mass is 1310 g/mol. The Balaban J connectivity index is 5.18. The molecule has 0 bridgehead atoms. The third-order valence-corrected chi connectivity index (χ3v) is 17.6. The van der Waals surface area contributed by atoms with E-state index in [0.717, 1.165) is 116 Å². The molecule has 17 nitrogen and oxygen atoms in total. The van der Waals surface area contributed by atoms with E-state index in [1.54, 1.807) is 0 Å². The normalized spacial score (nSPS) is 14.2. The van der Waals surface area contributed by atoms with Crippen molar-refractivity contribution in [3.05, 3.63) is 24.3 Å². The van der Waals surface area contributed by atoms with Gasteiger partial charge in [-0.2, -0.15) is 0 Å². The van der Waals surface area contributed by atoms with Gasteiger partial charge in [0.05, 0.1) is 26.4 Å². The Bertz CT molecular complexity index is 1800. The van der Waals surface area contributed by atoms with E-state index >= 15 is 0 Å². The number of allylic oxidation sites excluding steroid dienone is 4. The summed E-state index contributed by atoms with van der Waals surface area (Å²) in [6.45, 7) is 4.79. The molecule has 19 heteroatoms. The van der Waals surface area contributed by atoms with Gasteiger partial charge in [-0.1, -0.05) is 290 Å². The van der Waals surface area contributed by atoms with Crippen molar-refractivity contribution < 1.29 is 80.2 Å². The Morgan fingerprint density at radius 1 is 0.315 bits per heavy atom. The molecule has 0 aliphatic carbocycles. The smallest absolute Gasteiger partial charge is 0.462 e. The molecule has 89 heavy (non-hydrogen) atoms. The zero-order chi connectivity index (χ0) is 65.4. The van der Waals surface area contributed by atoms with Crippen molar-refractivity contribution in [3.63, 3.8) is 0 Å². The molecule has 0 fully saturated rings. The Morgan fingerprint density at radius 3 is 0.820 bits per heavy atom. The molecular weight excluding hydrogens is 1170 g/mol. The van der Waals surface area contributed by atoms with Crippen molar-refractivity contribution in [2.24, 2.45) is 0 Å². The highest BCUT2D eigenvalue weighted by Crippen LogP contribution is 2.45. The number of phosphoric ester groups is 2. The zero-order valence-electron chi connectivity index (χ0n) is 56.9. The lowest BCUT2D eigenvalue weighted by molar-refractivity contribution is -0.161. The van der Waals surface area contributed by atoms with Gasteiger partial charge in [0.25, 0.3) is 0 Å². The SMILES string of the molecule is CCCCCC/C=C\C=C/CCCCCCCC(=O)OC[C@H](COP(=O)(O)OC[C@@H](O)COP(=O)(O)OC[C@@H](COC(=O)CCCCCCC)OC(=O)CCCCCCCCCCCCC)OC(=O)CCCCCCCCCCCCCCCCCCCC. The van der Waals surface area contributed by atoms with Gasteiger partial charge >= 0.3 is 39.5 Å². The van der Waals surface area contributed by atoms with Gasteiger partial charge < -0.3 is 33.8 Å². The van der Waals surface area contributed by atoms with Crippen molar-refractivity contribution in [2.45, 2.75) is 361 Å². The summed E-state index contributed by atoms with van der Waals surface area (Å²) in [6.07, 6.45) is 55.3. The van der Waals surface area contributed by atoms with Gasteiger partial charge in [0.2, 0.25) is 0 Å². The summed E-state index contributed by atoms with van der Waals surface area (Å²) in [6, 6.07) is 0. The molecule has 0 rings (SSSR count). The fraction of sp³-hybridized carbons (Fsp3) is 0.886. The fourth-order valence-corrected chi connectivity index (χ4v) is 11.7. The number of ether oxygens (including phenoxy) is 4. The third kappa shape index (κ3) is 64.1. The van der Waals surface area contributed by atoms with Crippen molar-refractivity contribution in [1.29, 1.82) is 0 Å². The number of aliphatic hydroxyl groups excluding tert-OH is 1. The van der Waals surface area contributed by atoms with Gasteiger partial charge in [-0.25, -0.2) is 9.13 Å². The second kappa shape index (κ2) is 64.3. The molecule has 0 aromatic heterocycles. The number of carbonyl (C=O) groups is 4. The predicted molar refractivity (Wildman–Crippen MR) is 358 cm³/mol. The average molecular weight is 1310 g/mol. The maximum atomic E-state index is 13.0. The molecule has 5 atom stereocenters. The molecule has 0 aromatic rings. The molecule has 3 N–H and O–H groups in total. The molecule has 0 aliphatic rings. The second-order valence-corrected chi connectivity index (χ2v) is 27.5. The molecule has 0 amide bonds. The van der Waals surface area contributed by atoms with E-state index in [9.17, 15) is 43.2 Å². The van der Waals surface area contributed by atoms with Gasteiger partial charge in [0.15, 0.2) is 12.2 Å². The van der Waals surface area contributed by atoms with E-state index < -0.39 is 97.5 Å². The van der Waals surface area contributed by atoms with Crippen molar-refractivity contribution in [2.75, 3.05) is 39.6 Å². The van der Waals surface area contributed by atoms with E-state index in [1.165, 1.54) is 148 Å². The minimum atomic E-state index is -4.96. The maximum Gasteiger partial charge on any atom is 0.472 e.